The van der Waals surface area contributed by atoms with Crippen molar-refractivity contribution in [2.45, 2.75) is 32.9 Å². The zero-order valence-electron chi connectivity index (χ0n) is 18.7. The largest absolute Gasteiger partial charge is 0.464 e. The van der Waals surface area contributed by atoms with Crippen molar-refractivity contribution in [1.82, 2.24) is 9.97 Å². The molecule has 8 nitrogen and oxygen atoms in total. The highest BCUT2D eigenvalue weighted by Crippen LogP contribution is 2.08. The molecule has 0 bridgehead atoms. The minimum absolute atomic E-state index is 0.104. The summed E-state index contributed by atoms with van der Waals surface area (Å²) in [6.45, 7) is 5.91. The molecule has 9 heteroatoms. The smallest absolute Gasteiger partial charge is 0.356 e. The third-order valence-electron chi connectivity index (χ3n) is 3.62. The van der Waals surface area contributed by atoms with E-state index in [4.69, 9.17) is 16.6 Å². The Morgan fingerprint density at radius 1 is 0.906 bits per heavy atom. The van der Waals surface area contributed by atoms with E-state index in [2.05, 4.69) is 56.5 Å². The molecule has 0 aliphatic carbocycles. The second-order valence-electron chi connectivity index (χ2n) is 7.41. The molecule has 0 amide bonds. The molecule has 2 heterocycles. The first kappa shape index (κ1) is 26.5. The van der Waals surface area contributed by atoms with Gasteiger partial charge in [-0.05, 0) is 24.3 Å². The number of aliphatic hydroxyl groups excluding tert-OH is 2. The molecule has 168 valence electrons. The van der Waals surface area contributed by atoms with E-state index in [9.17, 15) is 9.59 Å². The molecule has 0 atom stereocenters. The summed E-state index contributed by atoms with van der Waals surface area (Å²) in [5.74, 6) is 4.29. The lowest BCUT2D eigenvalue weighted by molar-refractivity contribution is 0.0584. The van der Waals surface area contributed by atoms with Crippen LogP contribution < -0.4 is 0 Å². The molecule has 0 spiro atoms. The van der Waals surface area contributed by atoms with E-state index < -0.39 is 20.0 Å². The normalized spacial score (nSPS) is 9.94. The van der Waals surface area contributed by atoms with Crippen LogP contribution in [0.5, 0.6) is 0 Å². The highest BCUT2D eigenvalue weighted by Gasteiger charge is 2.11. The van der Waals surface area contributed by atoms with Gasteiger partial charge < -0.3 is 19.7 Å². The van der Waals surface area contributed by atoms with Gasteiger partial charge in [-0.25, -0.2) is 19.6 Å². The maximum Gasteiger partial charge on any atom is 0.356 e. The second-order valence-corrected chi connectivity index (χ2v) is 12.2. The summed E-state index contributed by atoms with van der Waals surface area (Å²) in [6.07, 6.45) is 5.17. The topological polar surface area (TPSA) is 119 Å². The van der Waals surface area contributed by atoms with Gasteiger partial charge in [0.05, 0.1) is 38.8 Å². The van der Waals surface area contributed by atoms with Crippen molar-refractivity contribution >= 4 is 20.0 Å². The van der Waals surface area contributed by atoms with Gasteiger partial charge >= 0.3 is 11.9 Å². The fraction of sp³-hybridized carbons (Fsp3) is 0.304. The number of methoxy groups -OCH3 is 2. The Balaban J connectivity index is 0.000000330. The van der Waals surface area contributed by atoms with Crippen LogP contribution >= 0.6 is 0 Å². The van der Waals surface area contributed by atoms with E-state index in [0.717, 1.165) is 0 Å². The van der Waals surface area contributed by atoms with Gasteiger partial charge in [0.2, 0.25) is 0 Å². The average Bonchev–Trinajstić information content (AvgIpc) is 2.80. The minimum Gasteiger partial charge on any atom is -0.464 e. The maximum atomic E-state index is 11.4. The number of aliphatic hydroxyl groups is 2. The molecule has 0 aliphatic heterocycles. The molecular formula is C23H26N2O6Si. The van der Waals surface area contributed by atoms with Crippen molar-refractivity contribution in [2.75, 3.05) is 14.2 Å². The molecule has 0 aromatic carbocycles. The molecule has 0 radical (unpaired) electrons. The van der Waals surface area contributed by atoms with E-state index in [1.54, 1.807) is 12.1 Å². The van der Waals surface area contributed by atoms with Crippen LogP contribution in [0.25, 0.3) is 0 Å². The van der Waals surface area contributed by atoms with Crippen molar-refractivity contribution < 1.29 is 29.3 Å². The van der Waals surface area contributed by atoms with Crippen molar-refractivity contribution in [3.63, 3.8) is 0 Å². The predicted molar refractivity (Wildman–Crippen MR) is 121 cm³/mol. The number of terminal acetylenes is 1. The Morgan fingerprint density at radius 2 is 1.34 bits per heavy atom. The van der Waals surface area contributed by atoms with Crippen LogP contribution in [0.4, 0.5) is 0 Å². The Bertz CT molecular complexity index is 1070. The molecule has 2 N–H and O–H groups in total. The van der Waals surface area contributed by atoms with E-state index in [1.807, 2.05) is 0 Å². The summed E-state index contributed by atoms with van der Waals surface area (Å²) >= 11 is 0. The lowest BCUT2D eigenvalue weighted by Crippen LogP contribution is -2.16. The van der Waals surface area contributed by atoms with Crippen molar-refractivity contribution in [3.05, 3.63) is 58.2 Å². The summed E-state index contributed by atoms with van der Waals surface area (Å²) in [7, 11) is 1.07. The van der Waals surface area contributed by atoms with Crippen LogP contribution in [0.15, 0.2) is 24.3 Å². The molecule has 2 aromatic heterocycles. The third kappa shape index (κ3) is 8.70. The van der Waals surface area contributed by atoms with E-state index in [1.165, 1.54) is 26.4 Å². The van der Waals surface area contributed by atoms with Crippen LogP contribution in [0, 0.1) is 23.8 Å². The lowest BCUT2D eigenvalue weighted by Gasteiger charge is -2.05. The van der Waals surface area contributed by atoms with Gasteiger partial charge in [0.15, 0.2) is 0 Å². The number of aromatic nitrogens is 2. The lowest BCUT2D eigenvalue weighted by atomic mass is 10.2. The number of nitrogens with zero attached hydrogens (tertiary/aromatic N) is 2. The molecule has 0 saturated carbocycles. The van der Waals surface area contributed by atoms with Gasteiger partial charge in [-0.1, -0.05) is 31.5 Å². The van der Waals surface area contributed by atoms with Crippen molar-refractivity contribution in [3.8, 4) is 23.8 Å². The zero-order chi connectivity index (χ0) is 24.3. The van der Waals surface area contributed by atoms with Crippen LogP contribution in [0.2, 0.25) is 19.6 Å². The predicted octanol–water partition coefficient (Wildman–Crippen LogP) is 1.93. The molecule has 32 heavy (non-hydrogen) atoms. The Kier molecular flexibility index (Phi) is 10.3. The highest BCUT2D eigenvalue weighted by atomic mass is 28.3. The first-order chi connectivity index (χ1) is 15.1. The highest BCUT2D eigenvalue weighted by molar-refractivity contribution is 6.83. The quantitative estimate of drug-likeness (QED) is 0.409. The van der Waals surface area contributed by atoms with E-state index in [-0.39, 0.29) is 24.6 Å². The maximum absolute atomic E-state index is 11.4. The SMILES string of the molecule is C#Cc1cc(CO)nc(C(=O)OC)c1.COC(=O)c1cc(C#C[Si](C)(C)C)cc(CO)n1. The summed E-state index contributed by atoms with van der Waals surface area (Å²) in [5.41, 5.74) is 5.41. The van der Waals surface area contributed by atoms with Crippen LogP contribution in [-0.4, -0.2) is 54.4 Å². The number of hydrogen-bond donors (Lipinski definition) is 2. The van der Waals surface area contributed by atoms with Crippen molar-refractivity contribution in [2.24, 2.45) is 0 Å². The number of carbonyl (C=O) groups excluding carboxylic acids is 2. The average molecular weight is 455 g/mol. The number of hydrogen-bond acceptors (Lipinski definition) is 8. The summed E-state index contributed by atoms with van der Waals surface area (Å²) < 4.78 is 9.10. The zero-order valence-corrected chi connectivity index (χ0v) is 19.7. The van der Waals surface area contributed by atoms with E-state index >= 15 is 0 Å². The van der Waals surface area contributed by atoms with Gasteiger partial charge in [0.25, 0.3) is 0 Å². The van der Waals surface area contributed by atoms with Crippen molar-refractivity contribution in [1.29, 1.82) is 0 Å². The molecule has 0 saturated heterocycles. The van der Waals surface area contributed by atoms with Gasteiger partial charge in [-0.2, -0.15) is 0 Å². The number of pyridine rings is 2. The summed E-state index contributed by atoms with van der Waals surface area (Å²) in [5, 5.41) is 18.0. The molecule has 0 unspecified atom stereocenters. The van der Waals surface area contributed by atoms with Crippen LogP contribution in [-0.2, 0) is 22.7 Å². The molecular weight excluding hydrogens is 428 g/mol. The van der Waals surface area contributed by atoms with Crippen LogP contribution in [0.3, 0.4) is 0 Å². The van der Waals surface area contributed by atoms with Crippen LogP contribution in [0.1, 0.15) is 43.5 Å². The fourth-order valence-corrected chi connectivity index (χ4v) is 2.69. The molecule has 0 aliphatic rings. The molecule has 0 fully saturated rings. The Labute approximate surface area is 188 Å². The summed E-state index contributed by atoms with van der Waals surface area (Å²) in [6, 6.07) is 6.23. The van der Waals surface area contributed by atoms with Gasteiger partial charge in [-0.15, -0.1) is 12.0 Å². The van der Waals surface area contributed by atoms with E-state index in [0.29, 0.717) is 22.5 Å². The first-order valence-electron chi connectivity index (χ1n) is 9.47. The first-order valence-corrected chi connectivity index (χ1v) is 13.0. The Morgan fingerprint density at radius 3 is 1.72 bits per heavy atom. The second kappa shape index (κ2) is 12.4. The third-order valence-corrected chi connectivity index (χ3v) is 4.49. The van der Waals surface area contributed by atoms with Gasteiger partial charge in [-0.3, -0.25) is 0 Å². The fourth-order valence-electron chi connectivity index (χ4n) is 2.17. The summed E-state index contributed by atoms with van der Waals surface area (Å²) in [4.78, 5) is 30.4. The number of carbonyl (C=O) groups is 2. The molecule has 2 rings (SSSR count). The minimum atomic E-state index is -1.48. The Hall–Kier alpha value is -3.50. The molecule has 2 aromatic rings. The number of esters is 2. The number of ether oxygens (including phenoxy) is 2. The standard InChI is InChI=1S/C13H17NO3Si.C10H9NO3/c1-17-13(16)12-8-10(5-6-18(2,3)4)7-11(9-15)14-12;1-3-7-4-8(6-12)11-9(5-7)10(13)14-2/h7-8,15H,9H2,1-4H3;1,4-5,12H,6H2,2H3. The monoisotopic (exact) mass is 454 g/mol. The number of rotatable bonds is 4. The van der Waals surface area contributed by atoms with Gasteiger partial charge in [0.1, 0.15) is 19.5 Å². The van der Waals surface area contributed by atoms with Gasteiger partial charge in [0, 0.05) is 11.1 Å².